The third kappa shape index (κ3) is 5.04. The van der Waals surface area contributed by atoms with Crippen LogP contribution in [0.1, 0.15) is 18.0 Å². The van der Waals surface area contributed by atoms with E-state index in [4.69, 9.17) is 16.3 Å². The molecular formula is C18H23ClN4O2. The van der Waals surface area contributed by atoms with Crippen molar-refractivity contribution in [2.75, 3.05) is 32.8 Å². The van der Waals surface area contributed by atoms with Crippen molar-refractivity contribution in [3.63, 3.8) is 0 Å². The fourth-order valence-corrected chi connectivity index (χ4v) is 3.28. The number of nitrogens with zero attached hydrogens (tertiary/aromatic N) is 3. The van der Waals surface area contributed by atoms with Gasteiger partial charge in [-0.15, -0.1) is 0 Å². The minimum atomic E-state index is 0.0269. The SMILES string of the molecule is O=C(CCn1ccnc1)NC[C@@H](c1ccccc1Cl)N1CCOCC1. The number of carbonyl (C=O) groups excluding carboxylic acids is 1. The minimum Gasteiger partial charge on any atom is -0.379 e. The Bertz CT molecular complexity index is 671. The minimum absolute atomic E-state index is 0.0269. The average Bonchev–Trinajstić information content (AvgIpc) is 3.16. The normalized spacial score (nSPS) is 16.5. The van der Waals surface area contributed by atoms with Crippen molar-refractivity contribution in [1.82, 2.24) is 19.8 Å². The molecule has 0 spiro atoms. The molecule has 0 saturated carbocycles. The predicted octanol–water partition coefficient (Wildman–Crippen LogP) is 2.12. The highest BCUT2D eigenvalue weighted by molar-refractivity contribution is 6.31. The molecule has 1 aliphatic heterocycles. The lowest BCUT2D eigenvalue weighted by molar-refractivity contribution is -0.121. The lowest BCUT2D eigenvalue weighted by atomic mass is 10.0. The summed E-state index contributed by atoms with van der Waals surface area (Å²) in [5.74, 6) is 0.0269. The van der Waals surface area contributed by atoms with Crippen molar-refractivity contribution in [3.05, 3.63) is 53.6 Å². The van der Waals surface area contributed by atoms with Crippen molar-refractivity contribution in [2.45, 2.75) is 19.0 Å². The van der Waals surface area contributed by atoms with E-state index in [1.165, 1.54) is 0 Å². The third-order valence-electron chi connectivity index (χ3n) is 4.40. The zero-order valence-electron chi connectivity index (χ0n) is 14.1. The van der Waals surface area contributed by atoms with Crippen molar-refractivity contribution < 1.29 is 9.53 Å². The number of carbonyl (C=O) groups is 1. The van der Waals surface area contributed by atoms with E-state index in [9.17, 15) is 4.79 Å². The van der Waals surface area contributed by atoms with Gasteiger partial charge in [-0.1, -0.05) is 29.8 Å². The van der Waals surface area contributed by atoms with E-state index in [0.717, 1.165) is 23.7 Å². The van der Waals surface area contributed by atoms with Gasteiger partial charge < -0.3 is 14.6 Å². The van der Waals surface area contributed by atoms with Crippen LogP contribution in [0.25, 0.3) is 0 Å². The summed E-state index contributed by atoms with van der Waals surface area (Å²) in [6.45, 7) is 4.24. The molecular weight excluding hydrogens is 340 g/mol. The summed E-state index contributed by atoms with van der Waals surface area (Å²) in [5, 5.41) is 3.78. The monoisotopic (exact) mass is 362 g/mol. The fraction of sp³-hybridized carbons (Fsp3) is 0.444. The van der Waals surface area contributed by atoms with Gasteiger partial charge in [0, 0.05) is 50.0 Å². The Morgan fingerprint density at radius 3 is 2.84 bits per heavy atom. The number of hydrogen-bond acceptors (Lipinski definition) is 4. The highest BCUT2D eigenvalue weighted by Gasteiger charge is 2.24. The lowest BCUT2D eigenvalue weighted by Crippen LogP contribution is -2.44. The van der Waals surface area contributed by atoms with Crippen LogP contribution in [0.4, 0.5) is 0 Å². The van der Waals surface area contributed by atoms with Crippen molar-refractivity contribution in [1.29, 1.82) is 0 Å². The summed E-state index contributed by atoms with van der Waals surface area (Å²) in [4.78, 5) is 18.5. The number of aryl methyl sites for hydroxylation is 1. The summed E-state index contributed by atoms with van der Waals surface area (Å²) in [5.41, 5.74) is 1.04. The molecule has 0 radical (unpaired) electrons. The molecule has 1 aromatic carbocycles. The molecule has 2 aromatic rings. The smallest absolute Gasteiger partial charge is 0.221 e. The van der Waals surface area contributed by atoms with Crippen LogP contribution >= 0.6 is 11.6 Å². The molecule has 1 saturated heterocycles. The predicted molar refractivity (Wildman–Crippen MR) is 96.4 cm³/mol. The Morgan fingerprint density at radius 2 is 2.12 bits per heavy atom. The number of nitrogens with one attached hydrogen (secondary N) is 1. The molecule has 0 unspecified atom stereocenters. The van der Waals surface area contributed by atoms with Gasteiger partial charge in [-0.3, -0.25) is 9.69 Å². The average molecular weight is 363 g/mol. The number of rotatable bonds is 7. The van der Waals surface area contributed by atoms with Gasteiger partial charge in [0.2, 0.25) is 5.91 Å². The molecule has 134 valence electrons. The van der Waals surface area contributed by atoms with Crippen LogP contribution in [0.3, 0.4) is 0 Å². The molecule has 2 heterocycles. The zero-order valence-corrected chi connectivity index (χ0v) is 14.9. The van der Waals surface area contributed by atoms with Crippen molar-refractivity contribution in [2.24, 2.45) is 0 Å². The van der Waals surface area contributed by atoms with E-state index < -0.39 is 0 Å². The molecule has 1 aliphatic rings. The van der Waals surface area contributed by atoms with Crippen LogP contribution in [-0.2, 0) is 16.1 Å². The molecule has 1 amide bonds. The van der Waals surface area contributed by atoms with Gasteiger partial charge in [0.1, 0.15) is 0 Å². The van der Waals surface area contributed by atoms with Crippen LogP contribution < -0.4 is 5.32 Å². The van der Waals surface area contributed by atoms with Crippen LogP contribution in [0, 0.1) is 0 Å². The second-order valence-electron chi connectivity index (χ2n) is 6.04. The van der Waals surface area contributed by atoms with Gasteiger partial charge in [-0.25, -0.2) is 4.98 Å². The number of amides is 1. The van der Waals surface area contributed by atoms with Gasteiger partial charge in [0.05, 0.1) is 25.6 Å². The molecule has 1 atom stereocenters. The molecule has 6 nitrogen and oxygen atoms in total. The molecule has 0 aliphatic carbocycles. The maximum atomic E-state index is 12.2. The number of halogens is 1. The lowest BCUT2D eigenvalue weighted by Gasteiger charge is -2.35. The fourth-order valence-electron chi connectivity index (χ4n) is 3.02. The number of ether oxygens (including phenoxy) is 1. The largest absolute Gasteiger partial charge is 0.379 e. The van der Waals surface area contributed by atoms with Gasteiger partial charge in [0.15, 0.2) is 0 Å². The van der Waals surface area contributed by atoms with E-state index in [1.54, 1.807) is 12.5 Å². The quantitative estimate of drug-likeness (QED) is 0.819. The molecule has 7 heteroatoms. The highest BCUT2D eigenvalue weighted by Crippen LogP contribution is 2.27. The first kappa shape index (κ1) is 17.9. The first-order valence-electron chi connectivity index (χ1n) is 8.52. The summed E-state index contributed by atoms with van der Waals surface area (Å²) >= 11 is 6.40. The van der Waals surface area contributed by atoms with Gasteiger partial charge >= 0.3 is 0 Å². The second-order valence-corrected chi connectivity index (χ2v) is 6.45. The maximum Gasteiger partial charge on any atom is 0.221 e. The standard InChI is InChI=1S/C18H23ClN4O2/c19-16-4-2-1-3-15(16)17(23-9-11-25-12-10-23)13-21-18(24)5-7-22-8-6-20-14-22/h1-4,6,8,14,17H,5,7,9-13H2,(H,21,24)/t17-/m0/s1. The zero-order chi connectivity index (χ0) is 17.5. The molecule has 1 fully saturated rings. The summed E-state index contributed by atoms with van der Waals surface area (Å²) in [7, 11) is 0. The highest BCUT2D eigenvalue weighted by atomic mass is 35.5. The Morgan fingerprint density at radius 1 is 1.32 bits per heavy atom. The number of hydrogen-bond donors (Lipinski definition) is 1. The van der Waals surface area contributed by atoms with E-state index in [1.807, 2.05) is 35.0 Å². The summed E-state index contributed by atoms with van der Waals surface area (Å²) < 4.78 is 7.35. The van der Waals surface area contributed by atoms with Crippen molar-refractivity contribution in [3.8, 4) is 0 Å². The maximum absolute atomic E-state index is 12.2. The Labute approximate surface area is 152 Å². The number of imidazole rings is 1. The first-order chi connectivity index (χ1) is 12.2. The first-order valence-corrected chi connectivity index (χ1v) is 8.90. The van der Waals surface area contributed by atoms with E-state index >= 15 is 0 Å². The second kappa shape index (κ2) is 8.99. The molecule has 3 rings (SSSR count). The van der Waals surface area contributed by atoms with Crippen LogP contribution in [0.2, 0.25) is 5.02 Å². The van der Waals surface area contributed by atoms with Crippen LogP contribution in [-0.4, -0.2) is 53.2 Å². The van der Waals surface area contributed by atoms with Crippen LogP contribution in [0.15, 0.2) is 43.0 Å². The van der Waals surface area contributed by atoms with Crippen molar-refractivity contribution >= 4 is 17.5 Å². The molecule has 0 bridgehead atoms. The Balaban J connectivity index is 1.61. The number of benzene rings is 1. The van der Waals surface area contributed by atoms with Crippen LogP contribution in [0.5, 0.6) is 0 Å². The summed E-state index contributed by atoms with van der Waals surface area (Å²) in [6.07, 6.45) is 5.71. The Kier molecular flexibility index (Phi) is 6.44. The molecule has 1 aromatic heterocycles. The molecule has 25 heavy (non-hydrogen) atoms. The van der Waals surface area contributed by atoms with Gasteiger partial charge in [-0.2, -0.15) is 0 Å². The van der Waals surface area contributed by atoms with E-state index in [0.29, 0.717) is 32.7 Å². The molecule has 1 N–H and O–H groups in total. The summed E-state index contributed by atoms with van der Waals surface area (Å²) in [6, 6.07) is 7.88. The van der Waals surface area contributed by atoms with E-state index in [2.05, 4.69) is 15.2 Å². The van der Waals surface area contributed by atoms with Gasteiger partial charge in [0.25, 0.3) is 0 Å². The van der Waals surface area contributed by atoms with Gasteiger partial charge in [-0.05, 0) is 11.6 Å². The third-order valence-corrected chi connectivity index (χ3v) is 4.74. The van der Waals surface area contributed by atoms with E-state index in [-0.39, 0.29) is 11.9 Å². The Hall–Kier alpha value is -1.89. The number of morpholine rings is 1. The topological polar surface area (TPSA) is 59.4 Å². The number of aromatic nitrogens is 2.